The molecule has 0 bridgehead atoms. The van der Waals surface area contributed by atoms with Crippen LogP contribution in [-0.4, -0.2) is 24.2 Å². The van der Waals surface area contributed by atoms with Gasteiger partial charge in [-0.05, 0) is 30.7 Å². The van der Waals surface area contributed by atoms with Crippen LogP contribution < -0.4 is 16.4 Å². The molecule has 0 saturated heterocycles. The molecule has 1 aromatic carbocycles. The van der Waals surface area contributed by atoms with E-state index in [4.69, 9.17) is 5.73 Å². The van der Waals surface area contributed by atoms with Crippen LogP contribution in [0.1, 0.15) is 5.56 Å². The smallest absolute Gasteiger partial charge is 0.321 e. The molecule has 0 unspecified atom stereocenters. The lowest BCUT2D eigenvalue weighted by atomic mass is 10.2. The Morgan fingerprint density at radius 2 is 2.21 bits per heavy atom. The molecule has 6 heteroatoms. The lowest BCUT2D eigenvalue weighted by molar-refractivity contribution is -0.117. The highest BCUT2D eigenvalue weighted by Crippen LogP contribution is 2.22. The van der Waals surface area contributed by atoms with E-state index in [9.17, 15) is 9.59 Å². The summed E-state index contributed by atoms with van der Waals surface area (Å²) in [6.45, 7) is 5.69. The number of amides is 3. The summed E-state index contributed by atoms with van der Waals surface area (Å²) in [5.41, 5.74) is 7.39. The van der Waals surface area contributed by atoms with Gasteiger partial charge in [-0.1, -0.05) is 6.08 Å². The third-order valence-corrected chi connectivity index (χ3v) is 3.26. The number of nitrogen functional groups attached to an aromatic ring is 1. The molecule has 0 aliphatic carbocycles. The first-order chi connectivity index (χ1) is 9.02. The fourth-order valence-electron chi connectivity index (χ4n) is 1.26. The van der Waals surface area contributed by atoms with Gasteiger partial charge in [0.15, 0.2) is 0 Å². The summed E-state index contributed by atoms with van der Waals surface area (Å²) in [5.74, 6) is -0.175. The van der Waals surface area contributed by atoms with Crippen LogP contribution in [0.4, 0.5) is 10.5 Å². The fraction of sp³-hybridized carbons (Fsp3) is 0.231. The molecular weight excluding hydrogens is 262 g/mol. The standard InChI is InChI=1S/C13H17N3O2S/c1-3-6-15-13(18)16-12(17)8-19-10-4-5-11(14)9(2)7-10/h3-5,7H,1,6,8,14H2,2H3,(H2,15,16,17,18). The molecule has 0 fully saturated rings. The van der Waals surface area contributed by atoms with Gasteiger partial charge in [0.1, 0.15) is 0 Å². The number of nitrogens with two attached hydrogens (primary N) is 1. The molecule has 4 N–H and O–H groups in total. The van der Waals surface area contributed by atoms with Crippen molar-refractivity contribution in [3.63, 3.8) is 0 Å². The zero-order valence-electron chi connectivity index (χ0n) is 10.7. The van der Waals surface area contributed by atoms with Gasteiger partial charge in [0, 0.05) is 17.1 Å². The average molecular weight is 279 g/mol. The van der Waals surface area contributed by atoms with Crippen LogP contribution in [0.25, 0.3) is 0 Å². The highest BCUT2D eigenvalue weighted by molar-refractivity contribution is 8.00. The van der Waals surface area contributed by atoms with Crippen molar-refractivity contribution in [2.75, 3.05) is 18.0 Å². The molecule has 0 aliphatic rings. The van der Waals surface area contributed by atoms with Crippen LogP contribution in [0.5, 0.6) is 0 Å². The first-order valence-electron chi connectivity index (χ1n) is 5.70. The van der Waals surface area contributed by atoms with Gasteiger partial charge in [0.05, 0.1) is 5.75 Å². The van der Waals surface area contributed by atoms with Crippen molar-refractivity contribution in [1.29, 1.82) is 0 Å². The van der Waals surface area contributed by atoms with Crippen molar-refractivity contribution in [1.82, 2.24) is 10.6 Å². The topological polar surface area (TPSA) is 84.2 Å². The van der Waals surface area contributed by atoms with Gasteiger partial charge in [-0.2, -0.15) is 0 Å². The molecule has 19 heavy (non-hydrogen) atoms. The number of rotatable bonds is 5. The Balaban J connectivity index is 2.39. The maximum Gasteiger partial charge on any atom is 0.321 e. The Morgan fingerprint density at radius 3 is 2.84 bits per heavy atom. The molecule has 1 rings (SSSR count). The summed E-state index contributed by atoms with van der Waals surface area (Å²) < 4.78 is 0. The molecule has 0 aromatic heterocycles. The molecule has 0 saturated carbocycles. The summed E-state index contributed by atoms with van der Waals surface area (Å²) in [5, 5.41) is 4.69. The number of nitrogens with one attached hydrogen (secondary N) is 2. The summed E-state index contributed by atoms with van der Waals surface area (Å²) >= 11 is 1.35. The van der Waals surface area contributed by atoms with Crippen molar-refractivity contribution in [2.45, 2.75) is 11.8 Å². The zero-order valence-corrected chi connectivity index (χ0v) is 11.5. The Bertz CT molecular complexity index is 489. The van der Waals surface area contributed by atoms with Crippen LogP contribution >= 0.6 is 11.8 Å². The van der Waals surface area contributed by atoms with Gasteiger partial charge in [-0.25, -0.2) is 4.79 Å². The van der Waals surface area contributed by atoms with Crippen molar-refractivity contribution in [3.8, 4) is 0 Å². The fourth-order valence-corrected chi connectivity index (χ4v) is 2.05. The molecule has 0 spiro atoms. The van der Waals surface area contributed by atoms with E-state index in [1.165, 1.54) is 17.8 Å². The lowest BCUT2D eigenvalue weighted by Crippen LogP contribution is -2.40. The van der Waals surface area contributed by atoms with Crippen LogP contribution in [0.3, 0.4) is 0 Å². The minimum Gasteiger partial charge on any atom is -0.399 e. The number of imide groups is 1. The Labute approximate surface area is 116 Å². The molecule has 3 amide bonds. The van der Waals surface area contributed by atoms with E-state index in [1.807, 2.05) is 19.1 Å². The van der Waals surface area contributed by atoms with E-state index >= 15 is 0 Å². The number of carbonyl (C=O) groups is 2. The number of benzene rings is 1. The van der Waals surface area contributed by atoms with E-state index < -0.39 is 6.03 Å². The zero-order chi connectivity index (χ0) is 14.3. The first kappa shape index (κ1) is 15.1. The molecule has 0 atom stereocenters. The number of hydrogen-bond acceptors (Lipinski definition) is 4. The Hall–Kier alpha value is -1.95. The van der Waals surface area contributed by atoms with Crippen molar-refractivity contribution < 1.29 is 9.59 Å². The SMILES string of the molecule is C=CCNC(=O)NC(=O)CSc1ccc(N)c(C)c1. The normalized spacial score (nSPS) is 9.74. The van der Waals surface area contributed by atoms with Crippen LogP contribution in [0.2, 0.25) is 0 Å². The van der Waals surface area contributed by atoms with E-state index in [-0.39, 0.29) is 11.7 Å². The maximum atomic E-state index is 11.5. The van der Waals surface area contributed by atoms with Gasteiger partial charge in [-0.3, -0.25) is 10.1 Å². The van der Waals surface area contributed by atoms with Crippen molar-refractivity contribution in [3.05, 3.63) is 36.4 Å². The Kier molecular flexibility index (Phi) is 5.95. The monoisotopic (exact) mass is 279 g/mol. The molecule has 102 valence electrons. The third-order valence-electron chi connectivity index (χ3n) is 2.27. The lowest BCUT2D eigenvalue weighted by Gasteiger charge is -2.06. The van der Waals surface area contributed by atoms with E-state index in [1.54, 1.807) is 6.07 Å². The van der Waals surface area contributed by atoms with Gasteiger partial charge in [0.2, 0.25) is 5.91 Å². The molecule has 0 radical (unpaired) electrons. The second-order valence-corrected chi connectivity index (χ2v) is 4.90. The number of hydrogen-bond donors (Lipinski definition) is 3. The van der Waals surface area contributed by atoms with Crippen molar-refractivity contribution >= 4 is 29.4 Å². The second-order valence-electron chi connectivity index (χ2n) is 3.85. The van der Waals surface area contributed by atoms with E-state index in [0.29, 0.717) is 6.54 Å². The number of thioether (sulfide) groups is 1. The maximum absolute atomic E-state index is 11.5. The van der Waals surface area contributed by atoms with Crippen LogP contribution in [0, 0.1) is 6.92 Å². The van der Waals surface area contributed by atoms with E-state index in [2.05, 4.69) is 17.2 Å². The number of carbonyl (C=O) groups excluding carboxylic acids is 2. The highest BCUT2D eigenvalue weighted by Gasteiger charge is 2.07. The van der Waals surface area contributed by atoms with Gasteiger partial charge in [0.25, 0.3) is 0 Å². The van der Waals surface area contributed by atoms with E-state index in [0.717, 1.165) is 16.1 Å². The number of urea groups is 1. The minimum atomic E-state index is -0.515. The molecular formula is C13H17N3O2S. The van der Waals surface area contributed by atoms with Crippen LogP contribution in [-0.2, 0) is 4.79 Å². The summed E-state index contributed by atoms with van der Waals surface area (Å²) in [6, 6.07) is 5.04. The Morgan fingerprint density at radius 1 is 1.47 bits per heavy atom. The summed E-state index contributed by atoms with van der Waals surface area (Å²) in [6.07, 6.45) is 1.54. The number of aryl methyl sites for hydroxylation is 1. The first-order valence-corrected chi connectivity index (χ1v) is 6.69. The van der Waals surface area contributed by atoms with Gasteiger partial charge >= 0.3 is 6.03 Å². The quantitative estimate of drug-likeness (QED) is 0.435. The third kappa shape index (κ3) is 5.48. The second kappa shape index (κ2) is 7.48. The average Bonchev–Trinajstić information content (AvgIpc) is 2.38. The highest BCUT2D eigenvalue weighted by atomic mass is 32.2. The molecule has 5 nitrogen and oxygen atoms in total. The van der Waals surface area contributed by atoms with Gasteiger partial charge < -0.3 is 11.1 Å². The predicted octanol–water partition coefficient (Wildman–Crippen LogP) is 1.68. The summed E-state index contributed by atoms with van der Waals surface area (Å²) in [4.78, 5) is 23.6. The van der Waals surface area contributed by atoms with Crippen molar-refractivity contribution in [2.24, 2.45) is 0 Å². The summed E-state index contributed by atoms with van der Waals surface area (Å²) in [7, 11) is 0. The van der Waals surface area contributed by atoms with Crippen LogP contribution in [0.15, 0.2) is 35.7 Å². The predicted molar refractivity (Wildman–Crippen MR) is 78.1 cm³/mol. The minimum absolute atomic E-state index is 0.171. The molecule has 0 aliphatic heterocycles. The number of anilines is 1. The van der Waals surface area contributed by atoms with Gasteiger partial charge in [-0.15, -0.1) is 18.3 Å². The molecule has 0 heterocycles. The molecule has 1 aromatic rings. The largest absolute Gasteiger partial charge is 0.399 e.